The Labute approximate surface area is 128 Å². The van der Waals surface area contributed by atoms with E-state index in [0.29, 0.717) is 16.1 Å². The summed E-state index contributed by atoms with van der Waals surface area (Å²) in [5.41, 5.74) is 6.87. The van der Waals surface area contributed by atoms with Crippen molar-refractivity contribution in [2.75, 3.05) is 5.32 Å². The van der Waals surface area contributed by atoms with E-state index < -0.39 is 0 Å². The van der Waals surface area contributed by atoms with Crippen LogP contribution in [-0.2, 0) is 0 Å². The zero-order valence-electron chi connectivity index (χ0n) is 9.94. The van der Waals surface area contributed by atoms with Crippen LogP contribution >= 0.6 is 39.5 Å². The fourth-order valence-corrected chi connectivity index (χ4v) is 2.68. The number of hydrogen-bond acceptors (Lipinski definition) is 4. The van der Waals surface area contributed by atoms with Gasteiger partial charge in [-0.2, -0.15) is 0 Å². The van der Waals surface area contributed by atoms with Gasteiger partial charge in [0.25, 0.3) is 5.91 Å². The van der Waals surface area contributed by atoms with Gasteiger partial charge in [0.15, 0.2) is 0 Å². The molecule has 19 heavy (non-hydrogen) atoms. The van der Waals surface area contributed by atoms with E-state index in [1.165, 1.54) is 11.3 Å². The number of nitrogens with two attached hydrogens (primary N) is 1. The fraction of sp³-hybridized carbons (Fsp3) is 0.0833. The molecule has 0 fully saturated rings. The summed E-state index contributed by atoms with van der Waals surface area (Å²) >= 11 is 9.66. The third-order valence-corrected chi connectivity index (χ3v) is 3.97. The van der Waals surface area contributed by atoms with Crippen LogP contribution in [0.25, 0.3) is 0 Å². The Bertz CT molecular complexity index is 654. The maximum atomic E-state index is 12.1. The van der Waals surface area contributed by atoms with Crippen LogP contribution in [0.1, 0.15) is 20.2 Å². The molecule has 0 bridgehead atoms. The number of thiocarbonyl (C=S) groups is 1. The molecule has 1 aromatic heterocycles. The normalized spacial score (nSPS) is 10.2. The van der Waals surface area contributed by atoms with E-state index in [1.54, 1.807) is 18.3 Å². The SMILES string of the molecule is Cc1ncc(C(=O)Nc2ccc(Br)cc2C(N)=S)s1. The van der Waals surface area contributed by atoms with Crippen molar-refractivity contribution in [3.8, 4) is 0 Å². The average molecular weight is 356 g/mol. The lowest BCUT2D eigenvalue weighted by Crippen LogP contribution is -2.17. The van der Waals surface area contributed by atoms with Crippen molar-refractivity contribution >= 4 is 56.1 Å². The molecule has 0 aliphatic rings. The second kappa shape index (κ2) is 5.77. The van der Waals surface area contributed by atoms with Gasteiger partial charge in [0.2, 0.25) is 0 Å². The van der Waals surface area contributed by atoms with Gasteiger partial charge in [-0.05, 0) is 25.1 Å². The number of aromatic nitrogens is 1. The van der Waals surface area contributed by atoms with E-state index in [4.69, 9.17) is 18.0 Å². The molecule has 98 valence electrons. The first-order valence-electron chi connectivity index (χ1n) is 5.30. The largest absolute Gasteiger partial charge is 0.389 e. The maximum Gasteiger partial charge on any atom is 0.267 e. The number of nitrogens with one attached hydrogen (secondary N) is 1. The number of thiazole rings is 1. The second-order valence-electron chi connectivity index (χ2n) is 3.75. The van der Waals surface area contributed by atoms with Crippen molar-refractivity contribution < 1.29 is 4.79 Å². The van der Waals surface area contributed by atoms with Crippen molar-refractivity contribution in [2.45, 2.75) is 6.92 Å². The Morgan fingerprint density at radius 1 is 1.53 bits per heavy atom. The molecule has 0 atom stereocenters. The van der Waals surface area contributed by atoms with E-state index in [1.807, 2.05) is 13.0 Å². The number of nitrogens with zero attached hydrogens (tertiary/aromatic N) is 1. The molecule has 1 heterocycles. The highest BCUT2D eigenvalue weighted by Crippen LogP contribution is 2.22. The minimum Gasteiger partial charge on any atom is -0.389 e. The summed E-state index contributed by atoms with van der Waals surface area (Å²) in [5, 5.41) is 3.63. The quantitative estimate of drug-likeness (QED) is 0.830. The summed E-state index contributed by atoms with van der Waals surface area (Å²) in [5.74, 6) is -0.217. The molecule has 0 radical (unpaired) electrons. The van der Waals surface area contributed by atoms with Gasteiger partial charge in [0.1, 0.15) is 9.87 Å². The summed E-state index contributed by atoms with van der Waals surface area (Å²) in [4.78, 5) is 16.9. The van der Waals surface area contributed by atoms with Crippen LogP contribution in [0.4, 0.5) is 5.69 Å². The molecule has 2 aromatic rings. The van der Waals surface area contributed by atoms with Crippen molar-refractivity contribution in [1.29, 1.82) is 0 Å². The first-order valence-corrected chi connectivity index (χ1v) is 7.32. The van der Waals surface area contributed by atoms with Crippen LogP contribution < -0.4 is 11.1 Å². The first-order chi connectivity index (χ1) is 8.97. The van der Waals surface area contributed by atoms with E-state index in [0.717, 1.165) is 9.48 Å². The number of hydrogen-bond donors (Lipinski definition) is 2. The second-order valence-corrected chi connectivity index (χ2v) is 6.34. The van der Waals surface area contributed by atoms with Gasteiger partial charge in [-0.3, -0.25) is 4.79 Å². The van der Waals surface area contributed by atoms with Gasteiger partial charge in [-0.25, -0.2) is 4.98 Å². The van der Waals surface area contributed by atoms with Crippen LogP contribution in [-0.4, -0.2) is 15.9 Å². The number of carbonyl (C=O) groups excluding carboxylic acids is 1. The zero-order valence-corrected chi connectivity index (χ0v) is 13.2. The Hall–Kier alpha value is -1.31. The number of anilines is 1. The van der Waals surface area contributed by atoms with Gasteiger partial charge < -0.3 is 11.1 Å². The minimum absolute atomic E-state index is 0.217. The number of rotatable bonds is 3. The zero-order chi connectivity index (χ0) is 14.0. The van der Waals surface area contributed by atoms with Crippen LogP contribution in [0.3, 0.4) is 0 Å². The topological polar surface area (TPSA) is 68.0 Å². The lowest BCUT2D eigenvalue weighted by atomic mass is 10.2. The molecule has 0 aliphatic heterocycles. The number of benzene rings is 1. The van der Waals surface area contributed by atoms with Gasteiger partial charge in [-0.1, -0.05) is 28.1 Å². The molecule has 0 unspecified atom stereocenters. The number of halogens is 1. The predicted octanol–water partition coefficient (Wildman–Crippen LogP) is 3.10. The monoisotopic (exact) mass is 355 g/mol. The summed E-state index contributed by atoms with van der Waals surface area (Å²) < 4.78 is 0.849. The predicted molar refractivity (Wildman–Crippen MR) is 84.8 cm³/mol. The first kappa shape index (κ1) is 14.1. The molecule has 1 amide bonds. The summed E-state index contributed by atoms with van der Waals surface area (Å²) in [6.45, 7) is 1.85. The maximum absolute atomic E-state index is 12.1. The highest BCUT2D eigenvalue weighted by Gasteiger charge is 2.13. The molecule has 3 N–H and O–H groups in total. The number of amides is 1. The van der Waals surface area contributed by atoms with Gasteiger partial charge >= 0.3 is 0 Å². The Kier molecular flexibility index (Phi) is 4.28. The van der Waals surface area contributed by atoms with E-state index in [2.05, 4.69) is 26.2 Å². The minimum atomic E-state index is -0.217. The van der Waals surface area contributed by atoms with Crippen LogP contribution in [0.15, 0.2) is 28.9 Å². The Balaban J connectivity index is 2.28. The van der Waals surface area contributed by atoms with E-state index in [-0.39, 0.29) is 10.9 Å². The smallest absolute Gasteiger partial charge is 0.267 e. The van der Waals surface area contributed by atoms with Gasteiger partial charge in [0, 0.05) is 10.0 Å². The van der Waals surface area contributed by atoms with Crippen molar-refractivity contribution in [1.82, 2.24) is 4.98 Å². The Morgan fingerprint density at radius 2 is 2.26 bits per heavy atom. The lowest BCUT2D eigenvalue weighted by Gasteiger charge is -2.09. The Morgan fingerprint density at radius 3 is 2.84 bits per heavy atom. The molecule has 0 saturated carbocycles. The van der Waals surface area contributed by atoms with E-state index in [9.17, 15) is 4.79 Å². The molecule has 0 saturated heterocycles. The fourth-order valence-electron chi connectivity index (χ4n) is 1.48. The van der Waals surface area contributed by atoms with E-state index >= 15 is 0 Å². The third-order valence-electron chi connectivity index (χ3n) is 2.34. The third kappa shape index (κ3) is 3.37. The molecule has 7 heteroatoms. The molecule has 4 nitrogen and oxygen atoms in total. The van der Waals surface area contributed by atoms with Crippen LogP contribution in [0.2, 0.25) is 0 Å². The lowest BCUT2D eigenvalue weighted by molar-refractivity contribution is 0.103. The van der Waals surface area contributed by atoms with Gasteiger partial charge in [0.05, 0.1) is 16.9 Å². The van der Waals surface area contributed by atoms with Gasteiger partial charge in [-0.15, -0.1) is 11.3 Å². The van der Waals surface area contributed by atoms with Crippen molar-refractivity contribution in [2.24, 2.45) is 5.73 Å². The molecule has 2 rings (SSSR count). The summed E-state index contributed by atoms with van der Waals surface area (Å²) in [7, 11) is 0. The summed E-state index contributed by atoms with van der Waals surface area (Å²) in [6, 6.07) is 5.34. The van der Waals surface area contributed by atoms with Crippen molar-refractivity contribution in [3.63, 3.8) is 0 Å². The highest BCUT2D eigenvalue weighted by molar-refractivity contribution is 9.10. The standard InChI is InChI=1S/C12H10BrN3OS2/c1-6-15-5-10(19-6)12(17)16-9-3-2-7(13)4-8(9)11(14)18/h2-5H,1H3,(H2,14,18)(H,16,17). The number of carbonyl (C=O) groups is 1. The number of aryl methyl sites for hydroxylation is 1. The van der Waals surface area contributed by atoms with Crippen LogP contribution in [0, 0.1) is 6.92 Å². The molecule has 0 aliphatic carbocycles. The highest BCUT2D eigenvalue weighted by atomic mass is 79.9. The molecular weight excluding hydrogens is 346 g/mol. The molecule has 0 spiro atoms. The van der Waals surface area contributed by atoms with Crippen molar-refractivity contribution in [3.05, 3.63) is 44.3 Å². The molecular formula is C12H10BrN3OS2. The average Bonchev–Trinajstić information content (AvgIpc) is 2.78. The van der Waals surface area contributed by atoms with Crippen LogP contribution in [0.5, 0.6) is 0 Å². The molecule has 1 aromatic carbocycles. The summed E-state index contributed by atoms with van der Waals surface area (Å²) in [6.07, 6.45) is 1.55.